The van der Waals surface area contributed by atoms with Crippen molar-refractivity contribution in [2.75, 3.05) is 21.3 Å². The van der Waals surface area contributed by atoms with E-state index in [0.29, 0.717) is 11.1 Å². The number of methoxy groups -OCH3 is 3. The van der Waals surface area contributed by atoms with Crippen molar-refractivity contribution >= 4 is 11.9 Å². The van der Waals surface area contributed by atoms with E-state index in [9.17, 15) is 19.8 Å². The first-order valence-electron chi connectivity index (χ1n) is 19.1. The van der Waals surface area contributed by atoms with Crippen LogP contribution in [0.25, 0.3) is 0 Å². The lowest BCUT2D eigenvalue weighted by Gasteiger charge is -2.37. The van der Waals surface area contributed by atoms with Crippen LogP contribution < -0.4 is 14.2 Å². The van der Waals surface area contributed by atoms with Crippen molar-refractivity contribution in [2.24, 2.45) is 0 Å². The Bertz CT molecular complexity index is 2730. The summed E-state index contributed by atoms with van der Waals surface area (Å²) in [6, 6.07) is 51.8. The molecule has 0 aliphatic carbocycles. The number of carboxylic acids is 2. The number of benzene rings is 7. The van der Waals surface area contributed by atoms with Gasteiger partial charge < -0.3 is 24.4 Å². The van der Waals surface area contributed by atoms with Gasteiger partial charge in [-0.25, -0.2) is 9.59 Å². The molecule has 7 heteroatoms. The van der Waals surface area contributed by atoms with Gasteiger partial charge in [0.25, 0.3) is 0 Å². The second kappa shape index (κ2) is 18.4. The number of carboxylic acid groups (broad SMARTS) is 2. The molecule has 0 spiro atoms. The van der Waals surface area contributed by atoms with E-state index in [1.165, 1.54) is 12.1 Å². The predicted octanol–water partition coefficient (Wildman–Crippen LogP) is 9.69. The number of hydrogen-bond donors (Lipinski definition) is 2. The Kier molecular flexibility index (Phi) is 12.3. The molecule has 0 saturated carbocycles. The van der Waals surface area contributed by atoms with Crippen LogP contribution in [0.2, 0.25) is 0 Å². The van der Waals surface area contributed by atoms with E-state index in [2.05, 4.69) is 96.2 Å². The number of hydrogen-bond acceptors (Lipinski definition) is 5. The Morgan fingerprint density at radius 3 is 0.836 bits per heavy atom. The van der Waals surface area contributed by atoms with Crippen molar-refractivity contribution in [1.29, 1.82) is 0 Å². The summed E-state index contributed by atoms with van der Waals surface area (Å²) in [5.74, 6) is 18.6. The Morgan fingerprint density at radius 1 is 0.361 bits per heavy atom. The molecular formula is C54H38O7. The van der Waals surface area contributed by atoms with Crippen molar-refractivity contribution in [3.63, 3.8) is 0 Å². The third-order valence-electron chi connectivity index (χ3n) is 10.1. The lowest BCUT2D eigenvalue weighted by atomic mass is 9.65. The molecule has 0 aliphatic heterocycles. The molecule has 0 atom stereocenters. The maximum absolute atomic E-state index is 11.4. The summed E-state index contributed by atoms with van der Waals surface area (Å²) < 4.78 is 16.6. The molecule has 2 N–H and O–H groups in total. The zero-order valence-corrected chi connectivity index (χ0v) is 33.5. The van der Waals surface area contributed by atoms with Crippen LogP contribution in [0.3, 0.4) is 0 Å². The average Bonchev–Trinajstić information content (AvgIpc) is 3.31. The van der Waals surface area contributed by atoms with Crippen LogP contribution in [0.4, 0.5) is 0 Å². The van der Waals surface area contributed by atoms with E-state index in [-0.39, 0.29) is 11.1 Å². The summed E-state index contributed by atoms with van der Waals surface area (Å²) in [4.78, 5) is 22.8. The van der Waals surface area contributed by atoms with Crippen molar-refractivity contribution in [3.8, 4) is 52.8 Å². The Hall–Kier alpha value is -8.44. The molecule has 0 amide bonds. The van der Waals surface area contributed by atoms with E-state index in [4.69, 9.17) is 14.2 Å². The maximum Gasteiger partial charge on any atom is 0.335 e. The van der Waals surface area contributed by atoms with Gasteiger partial charge in [0.15, 0.2) is 0 Å². The molecule has 0 radical (unpaired) electrons. The number of aromatic carboxylic acids is 2. The molecule has 296 valence electrons. The molecule has 0 saturated heterocycles. The van der Waals surface area contributed by atoms with Crippen molar-refractivity contribution in [2.45, 2.75) is 5.41 Å². The summed E-state index contributed by atoms with van der Waals surface area (Å²) in [5, 5.41) is 18.6. The Labute approximate surface area is 354 Å². The van der Waals surface area contributed by atoms with Crippen LogP contribution in [-0.4, -0.2) is 43.5 Å². The molecular weight excluding hydrogens is 761 g/mol. The third kappa shape index (κ3) is 9.32. The summed E-state index contributed by atoms with van der Waals surface area (Å²) in [7, 11) is 5.00. The highest BCUT2D eigenvalue weighted by molar-refractivity contribution is 5.94. The number of rotatable bonds is 9. The lowest BCUT2D eigenvalue weighted by Crippen LogP contribution is -2.31. The van der Waals surface area contributed by atoms with Crippen LogP contribution in [-0.2, 0) is 5.41 Å². The van der Waals surface area contributed by atoms with E-state index >= 15 is 0 Å². The van der Waals surface area contributed by atoms with Gasteiger partial charge in [-0.15, -0.1) is 0 Å². The highest BCUT2D eigenvalue weighted by Crippen LogP contribution is 2.46. The quantitative estimate of drug-likeness (QED) is 0.111. The summed E-state index contributed by atoms with van der Waals surface area (Å²) in [5.41, 5.74) is 7.59. The van der Waals surface area contributed by atoms with E-state index < -0.39 is 17.4 Å². The average molecular weight is 799 g/mol. The van der Waals surface area contributed by atoms with E-state index in [0.717, 1.165) is 67.8 Å². The summed E-state index contributed by atoms with van der Waals surface area (Å²) in [6.07, 6.45) is 0. The molecule has 0 aromatic heterocycles. The molecule has 7 aromatic carbocycles. The summed E-state index contributed by atoms with van der Waals surface area (Å²) >= 11 is 0. The van der Waals surface area contributed by atoms with Gasteiger partial charge in [0, 0.05) is 33.4 Å². The van der Waals surface area contributed by atoms with Crippen LogP contribution >= 0.6 is 0 Å². The molecule has 0 heterocycles. The smallest absolute Gasteiger partial charge is 0.335 e. The fraction of sp³-hybridized carbons (Fsp3) is 0.0741. The highest BCUT2D eigenvalue weighted by Gasteiger charge is 2.38. The summed E-state index contributed by atoms with van der Waals surface area (Å²) in [6.45, 7) is 0. The van der Waals surface area contributed by atoms with E-state index in [1.807, 2.05) is 72.8 Å². The minimum Gasteiger partial charge on any atom is -0.497 e. The monoisotopic (exact) mass is 798 g/mol. The number of carbonyl (C=O) groups is 2. The van der Waals surface area contributed by atoms with Gasteiger partial charge in [0.05, 0.1) is 37.9 Å². The van der Waals surface area contributed by atoms with Crippen LogP contribution in [0.5, 0.6) is 17.2 Å². The first kappa shape index (κ1) is 40.7. The molecule has 7 rings (SSSR count). The standard InChI is InChI=1S/C54H38O7/c1-59-49-28-22-46(23-29-49)54(47-24-30-50(60-2)31-25-47,48-26-32-51(61-3)33-27-48)45-20-18-41(19-21-45)15-14-39-8-6-37(7-9-39)4-5-38-10-12-40(13-11-38)16-17-42-34-43(52(55)56)36-44(35-42)53(57)58/h6-13,18-36H,1-3H3,(H,55,56)(H,57,58). The van der Waals surface area contributed by atoms with Crippen molar-refractivity contribution in [3.05, 3.63) is 231 Å². The highest BCUT2D eigenvalue weighted by atomic mass is 16.5. The van der Waals surface area contributed by atoms with Crippen molar-refractivity contribution < 1.29 is 34.0 Å². The van der Waals surface area contributed by atoms with Gasteiger partial charge >= 0.3 is 11.9 Å². The minimum atomic E-state index is -1.22. The molecule has 7 nitrogen and oxygen atoms in total. The van der Waals surface area contributed by atoms with Crippen LogP contribution in [0, 0.1) is 35.5 Å². The molecule has 0 unspecified atom stereocenters. The Balaban J connectivity index is 1.11. The molecule has 0 bridgehead atoms. The van der Waals surface area contributed by atoms with Gasteiger partial charge in [-0.3, -0.25) is 0 Å². The second-order valence-corrected chi connectivity index (χ2v) is 13.8. The normalized spacial score (nSPS) is 10.4. The molecule has 0 aliphatic rings. The zero-order chi connectivity index (χ0) is 42.8. The predicted molar refractivity (Wildman–Crippen MR) is 236 cm³/mol. The van der Waals surface area contributed by atoms with Gasteiger partial charge in [0.1, 0.15) is 17.2 Å². The van der Waals surface area contributed by atoms with Gasteiger partial charge in [0.2, 0.25) is 0 Å². The van der Waals surface area contributed by atoms with Crippen molar-refractivity contribution in [1.82, 2.24) is 0 Å². The lowest BCUT2D eigenvalue weighted by molar-refractivity contribution is 0.0696. The van der Waals surface area contributed by atoms with Gasteiger partial charge in [-0.2, -0.15) is 0 Å². The topological polar surface area (TPSA) is 102 Å². The van der Waals surface area contributed by atoms with Crippen LogP contribution in [0.15, 0.2) is 164 Å². The maximum atomic E-state index is 11.4. The SMILES string of the molecule is COc1ccc(C(c2ccc(C#Cc3ccc(C#Cc4ccc(C#Cc5cc(C(=O)O)cc(C(=O)O)c5)cc4)cc3)cc2)(c2ccc(OC)cc2)c2ccc(OC)cc2)cc1. The fourth-order valence-corrected chi connectivity index (χ4v) is 6.98. The van der Waals surface area contributed by atoms with Gasteiger partial charge in [-0.1, -0.05) is 84.1 Å². The second-order valence-electron chi connectivity index (χ2n) is 13.8. The largest absolute Gasteiger partial charge is 0.497 e. The fourth-order valence-electron chi connectivity index (χ4n) is 6.98. The third-order valence-corrected chi connectivity index (χ3v) is 10.1. The Morgan fingerprint density at radius 2 is 0.590 bits per heavy atom. The van der Waals surface area contributed by atoms with Gasteiger partial charge in [-0.05, 0) is 138 Å². The molecule has 7 aromatic rings. The van der Waals surface area contributed by atoms with E-state index in [1.54, 1.807) is 33.5 Å². The first-order chi connectivity index (χ1) is 29.7. The number of ether oxygens (including phenoxy) is 3. The molecule has 0 fully saturated rings. The first-order valence-corrected chi connectivity index (χ1v) is 19.1. The molecule has 61 heavy (non-hydrogen) atoms. The van der Waals surface area contributed by atoms with Crippen LogP contribution in [0.1, 0.15) is 76.4 Å². The zero-order valence-electron chi connectivity index (χ0n) is 33.5. The minimum absolute atomic E-state index is 0.138.